The van der Waals surface area contributed by atoms with E-state index in [2.05, 4.69) is 5.32 Å². The molecule has 23 heavy (non-hydrogen) atoms. The van der Waals surface area contributed by atoms with Crippen molar-refractivity contribution in [2.45, 2.75) is 37.6 Å². The quantitative estimate of drug-likeness (QED) is 0.549. The zero-order valence-corrected chi connectivity index (χ0v) is 12.9. The molecule has 0 aliphatic carbocycles. The number of carbonyl (C=O) groups is 1. The van der Waals surface area contributed by atoms with Gasteiger partial charge in [-0.25, -0.2) is 0 Å². The summed E-state index contributed by atoms with van der Waals surface area (Å²) in [7, 11) is 1.54. The minimum Gasteiger partial charge on any atom is -0.497 e. The highest BCUT2D eigenvalue weighted by Gasteiger charge is 2.46. The SMILES string of the molecule is COc1ccc(O[C@@H]2OC(CO)[C@H](O)[C@H](O)C2NC(C)=O)cc1. The first-order valence-electron chi connectivity index (χ1n) is 7.16. The molecule has 128 valence electrons. The Morgan fingerprint density at radius 1 is 1.22 bits per heavy atom. The molecule has 1 amide bonds. The van der Waals surface area contributed by atoms with Crippen LogP contribution in [0, 0.1) is 0 Å². The van der Waals surface area contributed by atoms with Gasteiger partial charge < -0.3 is 34.8 Å². The lowest BCUT2D eigenvalue weighted by Gasteiger charge is -2.42. The minimum atomic E-state index is -1.34. The molecule has 8 nitrogen and oxygen atoms in total. The van der Waals surface area contributed by atoms with Crippen LogP contribution in [0.1, 0.15) is 6.92 Å². The highest BCUT2D eigenvalue weighted by Crippen LogP contribution is 2.25. The number of benzene rings is 1. The molecular weight excluding hydrogens is 306 g/mol. The second kappa shape index (κ2) is 7.60. The number of carbonyl (C=O) groups excluding carboxylic acids is 1. The number of hydrogen-bond acceptors (Lipinski definition) is 7. The van der Waals surface area contributed by atoms with Crippen LogP contribution in [-0.4, -0.2) is 65.6 Å². The summed E-state index contributed by atoms with van der Waals surface area (Å²) < 4.78 is 16.2. The Labute approximate surface area is 133 Å². The Kier molecular flexibility index (Phi) is 5.78. The molecule has 8 heteroatoms. The van der Waals surface area contributed by atoms with Crippen molar-refractivity contribution in [2.24, 2.45) is 0 Å². The van der Waals surface area contributed by atoms with Crippen LogP contribution in [0.15, 0.2) is 24.3 Å². The van der Waals surface area contributed by atoms with Crippen molar-refractivity contribution in [1.29, 1.82) is 0 Å². The lowest BCUT2D eigenvalue weighted by atomic mass is 9.97. The lowest BCUT2D eigenvalue weighted by Crippen LogP contribution is -2.65. The molecule has 2 unspecified atom stereocenters. The molecule has 1 aromatic rings. The molecular formula is C15H21NO7. The summed E-state index contributed by atoms with van der Waals surface area (Å²) in [6.07, 6.45) is -4.76. The summed E-state index contributed by atoms with van der Waals surface area (Å²) in [6.45, 7) is 0.787. The number of amides is 1. The van der Waals surface area contributed by atoms with Crippen molar-refractivity contribution in [3.8, 4) is 11.5 Å². The van der Waals surface area contributed by atoms with Crippen LogP contribution in [-0.2, 0) is 9.53 Å². The van der Waals surface area contributed by atoms with Gasteiger partial charge >= 0.3 is 0 Å². The topological polar surface area (TPSA) is 117 Å². The number of aliphatic hydroxyl groups excluding tert-OH is 3. The van der Waals surface area contributed by atoms with Crippen LogP contribution >= 0.6 is 0 Å². The summed E-state index contributed by atoms with van der Waals surface area (Å²) in [5.74, 6) is 0.658. The summed E-state index contributed by atoms with van der Waals surface area (Å²) in [6, 6.07) is 5.66. The average molecular weight is 327 g/mol. The molecule has 4 N–H and O–H groups in total. The van der Waals surface area contributed by atoms with Crippen molar-refractivity contribution in [3.05, 3.63) is 24.3 Å². The second-order valence-electron chi connectivity index (χ2n) is 5.23. The third kappa shape index (κ3) is 4.11. The van der Waals surface area contributed by atoms with Crippen LogP contribution in [0.3, 0.4) is 0 Å². The van der Waals surface area contributed by atoms with Crippen molar-refractivity contribution < 1.29 is 34.3 Å². The van der Waals surface area contributed by atoms with Crippen LogP contribution in [0.4, 0.5) is 0 Å². The van der Waals surface area contributed by atoms with E-state index in [9.17, 15) is 20.1 Å². The van der Waals surface area contributed by atoms with Gasteiger partial charge in [-0.1, -0.05) is 0 Å². The zero-order chi connectivity index (χ0) is 17.0. The standard InChI is InChI=1S/C15H21NO7/c1-8(18)16-12-14(20)13(19)11(7-17)23-15(12)22-10-5-3-9(21-2)4-6-10/h3-6,11-15,17,19-20H,7H2,1-2H3,(H,16,18)/t11?,12?,13-,14+,15+/m0/s1. The summed E-state index contributed by atoms with van der Waals surface area (Å²) in [4.78, 5) is 11.3. The maximum Gasteiger partial charge on any atom is 0.223 e. The van der Waals surface area contributed by atoms with Gasteiger partial charge in [0.25, 0.3) is 0 Å². The normalized spacial score (nSPS) is 30.6. The van der Waals surface area contributed by atoms with Crippen molar-refractivity contribution in [3.63, 3.8) is 0 Å². The molecule has 5 atom stereocenters. The van der Waals surface area contributed by atoms with Gasteiger partial charge in [0, 0.05) is 6.92 Å². The van der Waals surface area contributed by atoms with Gasteiger partial charge in [0.05, 0.1) is 13.7 Å². The summed E-state index contributed by atoms with van der Waals surface area (Å²) in [5, 5.41) is 31.8. The molecule has 1 aliphatic heterocycles. The number of rotatable bonds is 5. The van der Waals surface area contributed by atoms with E-state index >= 15 is 0 Å². The molecule has 1 aromatic carbocycles. The number of methoxy groups -OCH3 is 1. The fourth-order valence-electron chi connectivity index (χ4n) is 2.36. The molecule has 1 fully saturated rings. The zero-order valence-electron chi connectivity index (χ0n) is 12.9. The highest BCUT2D eigenvalue weighted by molar-refractivity contribution is 5.73. The maximum atomic E-state index is 11.3. The third-order valence-electron chi connectivity index (χ3n) is 3.56. The maximum absolute atomic E-state index is 11.3. The summed E-state index contributed by atoms with van der Waals surface area (Å²) in [5.41, 5.74) is 0. The first-order chi connectivity index (χ1) is 11.0. The smallest absolute Gasteiger partial charge is 0.223 e. The molecule has 0 radical (unpaired) electrons. The van der Waals surface area contributed by atoms with E-state index in [4.69, 9.17) is 14.2 Å². The van der Waals surface area contributed by atoms with Gasteiger partial charge in [-0.2, -0.15) is 0 Å². The highest BCUT2D eigenvalue weighted by atomic mass is 16.7. The Balaban J connectivity index is 2.17. The fourth-order valence-corrected chi connectivity index (χ4v) is 2.36. The Hall–Kier alpha value is -1.87. The number of hydrogen-bond donors (Lipinski definition) is 4. The monoisotopic (exact) mass is 327 g/mol. The molecule has 0 aromatic heterocycles. The van der Waals surface area contributed by atoms with Gasteiger partial charge in [-0.15, -0.1) is 0 Å². The predicted octanol–water partition coefficient (Wildman–Crippen LogP) is -0.982. The van der Waals surface area contributed by atoms with Crippen LogP contribution < -0.4 is 14.8 Å². The van der Waals surface area contributed by atoms with Crippen LogP contribution in [0.25, 0.3) is 0 Å². The van der Waals surface area contributed by atoms with Gasteiger partial charge in [0.1, 0.15) is 35.9 Å². The van der Waals surface area contributed by atoms with Gasteiger partial charge in [0.15, 0.2) is 0 Å². The molecule has 0 saturated carbocycles. The van der Waals surface area contributed by atoms with E-state index in [0.29, 0.717) is 11.5 Å². The first kappa shape index (κ1) is 17.5. The predicted molar refractivity (Wildman–Crippen MR) is 79.0 cm³/mol. The Morgan fingerprint density at radius 2 is 1.83 bits per heavy atom. The Bertz CT molecular complexity index is 521. The van der Waals surface area contributed by atoms with Crippen molar-refractivity contribution in [2.75, 3.05) is 13.7 Å². The van der Waals surface area contributed by atoms with Gasteiger partial charge in [-0.3, -0.25) is 4.79 Å². The molecule has 1 aliphatic rings. The van der Waals surface area contributed by atoms with Crippen molar-refractivity contribution in [1.82, 2.24) is 5.32 Å². The van der Waals surface area contributed by atoms with E-state index in [0.717, 1.165) is 0 Å². The lowest BCUT2D eigenvalue weighted by molar-refractivity contribution is -0.244. The largest absolute Gasteiger partial charge is 0.497 e. The van der Waals surface area contributed by atoms with E-state index in [1.165, 1.54) is 14.0 Å². The number of nitrogens with one attached hydrogen (secondary N) is 1. The first-order valence-corrected chi connectivity index (χ1v) is 7.16. The van der Waals surface area contributed by atoms with Crippen LogP contribution in [0.5, 0.6) is 11.5 Å². The van der Waals surface area contributed by atoms with E-state index in [1.807, 2.05) is 0 Å². The molecule has 2 rings (SSSR count). The molecule has 0 spiro atoms. The van der Waals surface area contributed by atoms with E-state index < -0.39 is 43.2 Å². The van der Waals surface area contributed by atoms with E-state index in [1.54, 1.807) is 24.3 Å². The molecule has 1 heterocycles. The Morgan fingerprint density at radius 3 is 2.35 bits per heavy atom. The van der Waals surface area contributed by atoms with Crippen molar-refractivity contribution >= 4 is 5.91 Å². The molecule has 0 bridgehead atoms. The summed E-state index contributed by atoms with van der Waals surface area (Å²) >= 11 is 0. The molecule has 1 saturated heterocycles. The number of aliphatic hydroxyl groups is 3. The second-order valence-corrected chi connectivity index (χ2v) is 5.23. The number of ether oxygens (including phenoxy) is 3. The van der Waals surface area contributed by atoms with Gasteiger partial charge in [-0.05, 0) is 24.3 Å². The van der Waals surface area contributed by atoms with Gasteiger partial charge in [0.2, 0.25) is 12.2 Å². The minimum absolute atomic E-state index is 0.407. The fraction of sp³-hybridized carbons (Fsp3) is 0.533. The van der Waals surface area contributed by atoms with E-state index in [-0.39, 0.29) is 0 Å². The van der Waals surface area contributed by atoms with Crippen LogP contribution in [0.2, 0.25) is 0 Å². The average Bonchev–Trinajstić information content (AvgIpc) is 2.54. The third-order valence-corrected chi connectivity index (χ3v) is 3.56.